The van der Waals surface area contributed by atoms with Crippen molar-refractivity contribution in [1.82, 2.24) is 20.1 Å². The molecule has 1 aromatic heterocycles. The smallest absolute Gasteiger partial charge is 0.150 e. The van der Waals surface area contributed by atoms with Crippen LogP contribution in [0.4, 0.5) is 0 Å². The summed E-state index contributed by atoms with van der Waals surface area (Å²) >= 11 is 0. The first-order valence-corrected chi connectivity index (χ1v) is 5.77. The van der Waals surface area contributed by atoms with Crippen LogP contribution in [0.5, 0.6) is 0 Å². The normalized spacial score (nSPS) is 21.1. The van der Waals surface area contributed by atoms with Crippen molar-refractivity contribution in [2.75, 3.05) is 6.54 Å². The molecule has 4 nitrogen and oxygen atoms in total. The molecule has 1 N–H and O–H groups in total. The molecule has 1 aliphatic rings. The topological polar surface area (TPSA) is 42.7 Å². The monoisotopic (exact) mass is 208 g/mol. The van der Waals surface area contributed by atoms with Gasteiger partial charge in [0.2, 0.25) is 0 Å². The molecule has 0 aliphatic carbocycles. The van der Waals surface area contributed by atoms with E-state index in [1.54, 1.807) is 0 Å². The molecule has 2 rings (SSSR count). The predicted molar refractivity (Wildman–Crippen MR) is 59.7 cm³/mol. The number of fused-ring (bicyclic) bond motifs is 1. The molecular formula is C11H20N4. The van der Waals surface area contributed by atoms with Crippen LogP contribution in [-0.2, 0) is 6.54 Å². The minimum atomic E-state index is 0.360. The Morgan fingerprint density at radius 2 is 2.00 bits per heavy atom. The third-order valence-electron chi connectivity index (χ3n) is 2.97. The Hall–Kier alpha value is -0.900. The molecule has 1 aromatic rings. The zero-order valence-electron chi connectivity index (χ0n) is 9.99. The Morgan fingerprint density at radius 1 is 1.27 bits per heavy atom. The molecule has 15 heavy (non-hydrogen) atoms. The van der Waals surface area contributed by atoms with Crippen molar-refractivity contribution in [3.63, 3.8) is 0 Å². The zero-order valence-corrected chi connectivity index (χ0v) is 9.99. The van der Waals surface area contributed by atoms with Crippen molar-refractivity contribution in [2.24, 2.45) is 5.92 Å². The van der Waals surface area contributed by atoms with Crippen LogP contribution in [0, 0.1) is 5.92 Å². The molecule has 0 spiro atoms. The molecule has 4 heteroatoms. The lowest BCUT2D eigenvalue weighted by molar-refractivity contribution is 0.334. The fourth-order valence-electron chi connectivity index (χ4n) is 2.17. The van der Waals surface area contributed by atoms with Gasteiger partial charge in [0.25, 0.3) is 0 Å². The number of nitrogens with zero attached hydrogens (tertiary/aromatic N) is 3. The molecule has 0 radical (unpaired) electrons. The van der Waals surface area contributed by atoms with Gasteiger partial charge in [-0.05, 0) is 5.92 Å². The van der Waals surface area contributed by atoms with E-state index in [1.807, 2.05) is 0 Å². The fraction of sp³-hybridized carbons (Fsp3) is 0.818. The summed E-state index contributed by atoms with van der Waals surface area (Å²) in [5, 5.41) is 12.1. The second-order valence-corrected chi connectivity index (χ2v) is 4.90. The Morgan fingerprint density at radius 3 is 2.60 bits per heavy atom. The summed E-state index contributed by atoms with van der Waals surface area (Å²) in [5.41, 5.74) is 0. The second kappa shape index (κ2) is 3.93. The minimum absolute atomic E-state index is 0.360. The van der Waals surface area contributed by atoms with Crippen LogP contribution in [0.25, 0.3) is 0 Å². The van der Waals surface area contributed by atoms with Gasteiger partial charge >= 0.3 is 0 Å². The largest absolute Gasteiger partial charge is 0.312 e. The van der Waals surface area contributed by atoms with Crippen LogP contribution in [0.2, 0.25) is 0 Å². The summed E-state index contributed by atoms with van der Waals surface area (Å²) in [4.78, 5) is 0. The van der Waals surface area contributed by atoms with Crippen molar-refractivity contribution in [2.45, 2.75) is 46.2 Å². The van der Waals surface area contributed by atoms with Gasteiger partial charge < -0.3 is 9.88 Å². The first kappa shape index (κ1) is 10.6. The maximum atomic E-state index is 4.33. The van der Waals surface area contributed by atoms with Crippen molar-refractivity contribution in [1.29, 1.82) is 0 Å². The molecule has 1 unspecified atom stereocenters. The summed E-state index contributed by atoms with van der Waals surface area (Å²) in [5.74, 6) is 3.25. The molecular weight excluding hydrogens is 188 g/mol. The lowest BCUT2D eigenvalue weighted by atomic mass is 10.0. The number of aromatic nitrogens is 3. The van der Waals surface area contributed by atoms with E-state index in [-0.39, 0.29) is 0 Å². The maximum absolute atomic E-state index is 4.33. The van der Waals surface area contributed by atoms with Crippen molar-refractivity contribution < 1.29 is 0 Å². The van der Waals surface area contributed by atoms with Crippen molar-refractivity contribution in [3.8, 4) is 0 Å². The fourth-order valence-corrected chi connectivity index (χ4v) is 2.17. The van der Waals surface area contributed by atoms with E-state index in [0.29, 0.717) is 17.9 Å². The van der Waals surface area contributed by atoms with Gasteiger partial charge in [0.1, 0.15) is 5.82 Å². The highest BCUT2D eigenvalue weighted by Gasteiger charge is 2.27. The second-order valence-electron chi connectivity index (χ2n) is 4.90. The van der Waals surface area contributed by atoms with Gasteiger partial charge in [-0.15, -0.1) is 10.2 Å². The predicted octanol–water partition coefficient (Wildman–Crippen LogP) is 1.70. The standard InChI is InChI=1S/C11H20N4/c1-7(2)9-11-14-13-10(8(3)4)15(11)6-5-12-9/h7-9,12H,5-6H2,1-4H3. The number of rotatable bonds is 2. The minimum Gasteiger partial charge on any atom is -0.312 e. The molecule has 2 heterocycles. The Labute approximate surface area is 91.1 Å². The summed E-state index contributed by atoms with van der Waals surface area (Å²) in [6, 6.07) is 0.360. The molecule has 0 saturated heterocycles. The van der Waals surface area contributed by atoms with E-state index in [4.69, 9.17) is 0 Å². The number of nitrogens with one attached hydrogen (secondary N) is 1. The van der Waals surface area contributed by atoms with Gasteiger partial charge in [-0.25, -0.2) is 0 Å². The highest BCUT2D eigenvalue weighted by molar-refractivity contribution is 5.07. The Balaban J connectivity index is 2.38. The van der Waals surface area contributed by atoms with E-state index < -0.39 is 0 Å². The van der Waals surface area contributed by atoms with Crippen LogP contribution >= 0.6 is 0 Å². The molecule has 0 bridgehead atoms. The van der Waals surface area contributed by atoms with Crippen LogP contribution in [-0.4, -0.2) is 21.3 Å². The van der Waals surface area contributed by atoms with Gasteiger partial charge in [-0.3, -0.25) is 0 Å². The average molecular weight is 208 g/mol. The maximum Gasteiger partial charge on any atom is 0.150 e. The van der Waals surface area contributed by atoms with Gasteiger partial charge in [-0.1, -0.05) is 27.7 Å². The highest BCUT2D eigenvalue weighted by Crippen LogP contribution is 2.25. The third-order valence-corrected chi connectivity index (χ3v) is 2.97. The zero-order chi connectivity index (χ0) is 11.0. The number of hydrogen-bond acceptors (Lipinski definition) is 3. The lowest BCUT2D eigenvalue weighted by Gasteiger charge is -2.28. The lowest BCUT2D eigenvalue weighted by Crippen LogP contribution is -2.37. The molecule has 0 aromatic carbocycles. The molecule has 1 aliphatic heterocycles. The molecule has 1 atom stereocenters. The van der Waals surface area contributed by atoms with Crippen molar-refractivity contribution >= 4 is 0 Å². The number of hydrogen-bond donors (Lipinski definition) is 1. The highest BCUT2D eigenvalue weighted by atomic mass is 15.3. The van der Waals surface area contributed by atoms with Crippen LogP contribution in [0.15, 0.2) is 0 Å². The summed E-state index contributed by atoms with van der Waals surface area (Å²) in [6.45, 7) is 10.8. The quantitative estimate of drug-likeness (QED) is 0.804. The van der Waals surface area contributed by atoms with E-state index in [0.717, 1.165) is 24.7 Å². The molecule has 0 saturated carbocycles. The van der Waals surface area contributed by atoms with Gasteiger partial charge in [0.15, 0.2) is 5.82 Å². The SMILES string of the molecule is CC(C)c1nnc2n1CCNC2C(C)C. The summed E-state index contributed by atoms with van der Waals surface area (Å²) in [7, 11) is 0. The Bertz CT molecular complexity index is 340. The molecule has 0 fully saturated rings. The van der Waals surface area contributed by atoms with Crippen LogP contribution in [0.3, 0.4) is 0 Å². The van der Waals surface area contributed by atoms with Crippen molar-refractivity contribution in [3.05, 3.63) is 11.6 Å². The average Bonchev–Trinajstić information content (AvgIpc) is 2.59. The van der Waals surface area contributed by atoms with E-state index in [1.165, 1.54) is 0 Å². The summed E-state index contributed by atoms with van der Waals surface area (Å²) < 4.78 is 2.28. The van der Waals surface area contributed by atoms with Crippen LogP contribution in [0.1, 0.15) is 51.3 Å². The van der Waals surface area contributed by atoms with E-state index in [9.17, 15) is 0 Å². The molecule has 84 valence electrons. The first-order valence-electron chi connectivity index (χ1n) is 5.77. The Kier molecular flexibility index (Phi) is 2.78. The van der Waals surface area contributed by atoms with E-state index in [2.05, 4.69) is 47.8 Å². The van der Waals surface area contributed by atoms with Gasteiger partial charge in [0.05, 0.1) is 6.04 Å². The van der Waals surface area contributed by atoms with Crippen LogP contribution < -0.4 is 5.32 Å². The third kappa shape index (κ3) is 1.78. The first-order chi connectivity index (χ1) is 7.11. The van der Waals surface area contributed by atoms with E-state index >= 15 is 0 Å². The molecule has 0 amide bonds. The van der Waals surface area contributed by atoms with Gasteiger partial charge in [0, 0.05) is 19.0 Å². The summed E-state index contributed by atoms with van der Waals surface area (Å²) in [6.07, 6.45) is 0. The van der Waals surface area contributed by atoms with Gasteiger partial charge in [-0.2, -0.15) is 0 Å².